The normalized spacial score (nSPS) is 35.1. The van der Waals surface area contributed by atoms with E-state index in [0.29, 0.717) is 6.04 Å². The van der Waals surface area contributed by atoms with Crippen molar-refractivity contribution in [2.24, 2.45) is 11.3 Å². The van der Waals surface area contributed by atoms with E-state index in [9.17, 15) is 4.79 Å². The predicted molar refractivity (Wildman–Crippen MR) is 66.4 cm³/mol. The second-order valence-electron chi connectivity index (χ2n) is 6.02. The lowest BCUT2D eigenvalue weighted by Gasteiger charge is -2.41. The zero-order valence-electron chi connectivity index (χ0n) is 10.7. The molecule has 2 nitrogen and oxygen atoms in total. The van der Waals surface area contributed by atoms with Crippen LogP contribution in [0.2, 0.25) is 0 Å². The van der Waals surface area contributed by atoms with Crippen molar-refractivity contribution in [3.05, 3.63) is 0 Å². The van der Waals surface area contributed by atoms with Gasteiger partial charge in [-0.1, -0.05) is 19.8 Å². The summed E-state index contributed by atoms with van der Waals surface area (Å²) in [6.45, 7) is 6.89. The third kappa shape index (κ3) is 2.32. The highest BCUT2D eigenvalue weighted by Crippen LogP contribution is 2.38. The number of likely N-dealkylation sites (tertiary alicyclic amines) is 1. The van der Waals surface area contributed by atoms with Crippen molar-refractivity contribution in [1.29, 1.82) is 0 Å². The SMILES string of the molecule is CC1CCCN(CC2(C=O)CCCC2)C1C. The Morgan fingerprint density at radius 3 is 2.56 bits per heavy atom. The Hall–Kier alpha value is -0.370. The maximum atomic E-state index is 11.4. The van der Waals surface area contributed by atoms with Crippen LogP contribution in [0.3, 0.4) is 0 Å². The van der Waals surface area contributed by atoms with Crippen LogP contribution in [-0.2, 0) is 4.79 Å². The molecule has 1 saturated heterocycles. The Morgan fingerprint density at radius 2 is 1.94 bits per heavy atom. The number of piperidine rings is 1. The molecule has 2 rings (SSSR count). The van der Waals surface area contributed by atoms with Crippen molar-refractivity contribution in [2.45, 2.75) is 58.4 Å². The molecule has 0 aromatic heterocycles. The van der Waals surface area contributed by atoms with E-state index in [1.54, 1.807) is 0 Å². The van der Waals surface area contributed by atoms with Crippen molar-refractivity contribution >= 4 is 6.29 Å². The Morgan fingerprint density at radius 1 is 1.25 bits per heavy atom. The lowest BCUT2D eigenvalue weighted by atomic mass is 9.84. The molecule has 0 aromatic rings. The average Bonchev–Trinajstić information content (AvgIpc) is 2.74. The lowest BCUT2D eigenvalue weighted by molar-refractivity contribution is -0.117. The Labute approximate surface area is 99.4 Å². The van der Waals surface area contributed by atoms with Gasteiger partial charge in [0, 0.05) is 18.0 Å². The van der Waals surface area contributed by atoms with Crippen LogP contribution in [0, 0.1) is 11.3 Å². The van der Waals surface area contributed by atoms with Gasteiger partial charge >= 0.3 is 0 Å². The minimum Gasteiger partial charge on any atom is -0.303 e. The van der Waals surface area contributed by atoms with Crippen LogP contribution < -0.4 is 0 Å². The number of carbonyl (C=O) groups excluding carboxylic acids is 1. The fourth-order valence-corrected chi connectivity index (χ4v) is 3.44. The van der Waals surface area contributed by atoms with E-state index >= 15 is 0 Å². The van der Waals surface area contributed by atoms with Gasteiger partial charge in [-0.25, -0.2) is 0 Å². The molecule has 1 saturated carbocycles. The largest absolute Gasteiger partial charge is 0.303 e. The van der Waals surface area contributed by atoms with E-state index in [1.165, 1.54) is 38.5 Å². The maximum Gasteiger partial charge on any atom is 0.127 e. The number of nitrogens with zero attached hydrogens (tertiary/aromatic N) is 1. The van der Waals surface area contributed by atoms with Gasteiger partial charge in [-0.15, -0.1) is 0 Å². The van der Waals surface area contributed by atoms with Crippen LogP contribution in [0.15, 0.2) is 0 Å². The monoisotopic (exact) mass is 223 g/mol. The molecule has 16 heavy (non-hydrogen) atoms. The van der Waals surface area contributed by atoms with Gasteiger partial charge in [0.05, 0.1) is 0 Å². The fraction of sp³-hybridized carbons (Fsp3) is 0.929. The van der Waals surface area contributed by atoms with Gasteiger partial charge < -0.3 is 4.79 Å². The quantitative estimate of drug-likeness (QED) is 0.686. The molecule has 1 aliphatic heterocycles. The maximum absolute atomic E-state index is 11.4. The van der Waals surface area contributed by atoms with Gasteiger partial charge in [0.2, 0.25) is 0 Å². The summed E-state index contributed by atoms with van der Waals surface area (Å²) in [4.78, 5) is 13.9. The number of hydrogen-bond acceptors (Lipinski definition) is 2. The van der Waals surface area contributed by atoms with Crippen molar-refractivity contribution < 1.29 is 4.79 Å². The second-order valence-corrected chi connectivity index (χ2v) is 6.02. The first-order chi connectivity index (χ1) is 7.67. The third-order valence-corrected chi connectivity index (χ3v) is 4.87. The molecule has 2 fully saturated rings. The summed E-state index contributed by atoms with van der Waals surface area (Å²) < 4.78 is 0. The van der Waals surface area contributed by atoms with E-state index in [-0.39, 0.29) is 5.41 Å². The molecule has 1 aliphatic carbocycles. The molecule has 0 spiro atoms. The van der Waals surface area contributed by atoms with Gasteiger partial charge in [0.25, 0.3) is 0 Å². The summed E-state index contributed by atoms with van der Waals surface area (Å²) in [5, 5.41) is 0. The van der Waals surface area contributed by atoms with Gasteiger partial charge in [-0.2, -0.15) is 0 Å². The van der Waals surface area contributed by atoms with Crippen LogP contribution >= 0.6 is 0 Å². The molecule has 0 bridgehead atoms. The molecule has 1 heterocycles. The van der Waals surface area contributed by atoms with Gasteiger partial charge in [-0.05, 0) is 45.1 Å². The molecule has 2 heteroatoms. The third-order valence-electron chi connectivity index (χ3n) is 4.87. The summed E-state index contributed by atoms with van der Waals surface area (Å²) in [7, 11) is 0. The number of hydrogen-bond donors (Lipinski definition) is 0. The topological polar surface area (TPSA) is 20.3 Å². The molecular weight excluding hydrogens is 198 g/mol. The first-order valence-corrected chi connectivity index (χ1v) is 6.87. The highest BCUT2D eigenvalue weighted by molar-refractivity contribution is 5.60. The van der Waals surface area contributed by atoms with E-state index in [1.807, 2.05) is 0 Å². The zero-order chi connectivity index (χ0) is 11.6. The van der Waals surface area contributed by atoms with E-state index < -0.39 is 0 Å². The lowest BCUT2D eigenvalue weighted by Crippen LogP contribution is -2.47. The Kier molecular flexibility index (Phi) is 3.68. The van der Waals surface area contributed by atoms with Crippen LogP contribution in [0.1, 0.15) is 52.4 Å². The zero-order valence-corrected chi connectivity index (χ0v) is 10.7. The summed E-state index contributed by atoms with van der Waals surface area (Å²) in [6.07, 6.45) is 8.65. The molecule has 0 aromatic carbocycles. The van der Waals surface area contributed by atoms with Crippen LogP contribution in [-0.4, -0.2) is 30.3 Å². The van der Waals surface area contributed by atoms with Crippen LogP contribution in [0.25, 0.3) is 0 Å². The summed E-state index contributed by atoms with van der Waals surface area (Å²) >= 11 is 0. The number of rotatable bonds is 3. The first-order valence-electron chi connectivity index (χ1n) is 6.87. The number of carbonyl (C=O) groups is 1. The van der Waals surface area contributed by atoms with Crippen molar-refractivity contribution in [1.82, 2.24) is 4.90 Å². The summed E-state index contributed by atoms with van der Waals surface area (Å²) in [5.74, 6) is 0.791. The van der Waals surface area contributed by atoms with Crippen LogP contribution in [0.5, 0.6) is 0 Å². The molecule has 2 unspecified atom stereocenters. The Bertz CT molecular complexity index is 245. The molecular formula is C14H25NO. The Balaban J connectivity index is 1.99. The molecule has 0 radical (unpaired) electrons. The molecule has 2 atom stereocenters. The van der Waals surface area contributed by atoms with Gasteiger partial charge in [0.15, 0.2) is 0 Å². The molecule has 0 amide bonds. The van der Waals surface area contributed by atoms with Crippen molar-refractivity contribution in [2.75, 3.05) is 13.1 Å². The highest BCUT2D eigenvalue weighted by atomic mass is 16.1. The molecule has 92 valence electrons. The minimum atomic E-state index is 0.00528. The van der Waals surface area contributed by atoms with Crippen molar-refractivity contribution in [3.8, 4) is 0 Å². The van der Waals surface area contributed by atoms with Gasteiger partial charge in [-0.3, -0.25) is 4.90 Å². The van der Waals surface area contributed by atoms with Crippen molar-refractivity contribution in [3.63, 3.8) is 0 Å². The average molecular weight is 223 g/mol. The van der Waals surface area contributed by atoms with Gasteiger partial charge in [0.1, 0.15) is 6.29 Å². The summed E-state index contributed by atoms with van der Waals surface area (Å²) in [5.41, 5.74) is 0.00528. The molecule has 2 aliphatic rings. The van der Waals surface area contributed by atoms with Crippen LogP contribution in [0.4, 0.5) is 0 Å². The number of aldehydes is 1. The highest BCUT2D eigenvalue weighted by Gasteiger charge is 2.37. The fourth-order valence-electron chi connectivity index (χ4n) is 3.44. The van der Waals surface area contributed by atoms with E-state index in [2.05, 4.69) is 18.7 Å². The molecule has 0 N–H and O–H groups in total. The second kappa shape index (κ2) is 4.87. The van der Waals surface area contributed by atoms with E-state index in [4.69, 9.17) is 0 Å². The smallest absolute Gasteiger partial charge is 0.127 e. The predicted octanol–water partition coefficient (Wildman–Crippen LogP) is 2.87. The minimum absolute atomic E-state index is 0.00528. The summed E-state index contributed by atoms with van der Waals surface area (Å²) in [6, 6.07) is 0.658. The standard InChI is InChI=1S/C14H25NO/c1-12-6-5-9-15(13(12)2)10-14(11-16)7-3-4-8-14/h11-13H,3-10H2,1-2H3. The van der Waals surface area contributed by atoms with E-state index in [0.717, 1.165) is 25.3 Å². The first kappa shape index (κ1) is 12.1.